The Balaban J connectivity index is 1.32. The maximum Gasteiger partial charge on any atom is 0.307 e. The minimum Gasteiger partial charge on any atom is -0.493 e. The highest BCUT2D eigenvalue weighted by Gasteiger charge is 2.59. The molecule has 24 heavy (non-hydrogen) atoms. The summed E-state index contributed by atoms with van der Waals surface area (Å²) in [7, 11) is 0. The third-order valence-electron chi connectivity index (χ3n) is 5.82. The van der Waals surface area contributed by atoms with Crippen molar-refractivity contribution in [3.05, 3.63) is 29.8 Å². The molecule has 1 saturated heterocycles. The Morgan fingerprint density at radius 2 is 1.83 bits per heavy atom. The number of aliphatic carboxylic acids is 1. The highest BCUT2D eigenvalue weighted by atomic mass is 16.5. The summed E-state index contributed by atoms with van der Waals surface area (Å²) in [6, 6.07) is 7.38. The molecule has 3 fully saturated rings. The molecule has 128 valence electrons. The van der Waals surface area contributed by atoms with Crippen LogP contribution in [0.4, 0.5) is 0 Å². The molecule has 1 unspecified atom stereocenters. The van der Waals surface area contributed by atoms with Crippen molar-refractivity contribution in [1.82, 2.24) is 4.90 Å². The topological polar surface area (TPSA) is 66.8 Å². The fraction of sp³-hybridized carbons (Fsp3) is 0.579. The van der Waals surface area contributed by atoms with E-state index in [4.69, 9.17) is 9.84 Å². The minimum absolute atomic E-state index is 0.0334. The molecule has 1 N–H and O–H groups in total. The zero-order chi connectivity index (χ0) is 16.7. The van der Waals surface area contributed by atoms with Gasteiger partial charge in [0.2, 0.25) is 0 Å². The van der Waals surface area contributed by atoms with E-state index in [2.05, 4.69) is 0 Å². The second kappa shape index (κ2) is 5.80. The van der Waals surface area contributed by atoms with Crippen LogP contribution in [0.15, 0.2) is 24.3 Å². The van der Waals surface area contributed by atoms with E-state index in [9.17, 15) is 9.59 Å². The lowest BCUT2D eigenvalue weighted by Gasteiger charge is -2.32. The first-order valence-electron chi connectivity index (χ1n) is 8.82. The van der Waals surface area contributed by atoms with Crippen LogP contribution in [0, 0.1) is 17.3 Å². The first-order chi connectivity index (χ1) is 11.6. The van der Waals surface area contributed by atoms with Crippen molar-refractivity contribution >= 4 is 11.9 Å². The first kappa shape index (κ1) is 15.5. The van der Waals surface area contributed by atoms with Crippen molar-refractivity contribution in [3.63, 3.8) is 0 Å². The predicted molar refractivity (Wildman–Crippen MR) is 88.0 cm³/mol. The number of benzene rings is 1. The molecule has 4 rings (SSSR count). The minimum atomic E-state index is -0.684. The van der Waals surface area contributed by atoms with Gasteiger partial charge < -0.3 is 14.7 Å². The summed E-state index contributed by atoms with van der Waals surface area (Å²) in [6.07, 6.45) is 4.90. The van der Waals surface area contributed by atoms with Crippen molar-refractivity contribution in [3.8, 4) is 5.75 Å². The van der Waals surface area contributed by atoms with E-state index in [-0.39, 0.29) is 17.2 Å². The Bertz CT molecular complexity index is 642. The van der Waals surface area contributed by atoms with Gasteiger partial charge >= 0.3 is 5.97 Å². The lowest BCUT2D eigenvalue weighted by atomic mass is 9.90. The quantitative estimate of drug-likeness (QED) is 0.902. The molecule has 1 atom stereocenters. The Morgan fingerprint density at radius 1 is 1.17 bits per heavy atom. The summed E-state index contributed by atoms with van der Waals surface area (Å²) in [5.41, 5.74) is 0.638. The number of carboxylic acids is 1. The zero-order valence-electron chi connectivity index (χ0n) is 13.7. The second-order valence-electron chi connectivity index (χ2n) is 7.53. The predicted octanol–water partition coefficient (Wildman–Crippen LogP) is 2.80. The number of likely N-dealkylation sites (tertiary alicyclic amines) is 1. The number of amides is 1. The van der Waals surface area contributed by atoms with E-state index in [1.807, 2.05) is 29.2 Å². The molecule has 5 nitrogen and oxygen atoms in total. The monoisotopic (exact) mass is 329 g/mol. The molecular weight excluding hydrogens is 306 g/mol. The standard InChI is InChI=1S/C19H23NO4/c21-17(14-3-5-15(6-4-14)24-12-13-1-2-13)20-9-7-19(8-10-20)11-16(19)18(22)23/h3-6,13,16H,1-2,7-12H2,(H,22,23). The van der Waals surface area contributed by atoms with Crippen molar-refractivity contribution in [2.24, 2.45) is 17.3 Å². The molecule has 0 bridgehead atoms. The normalized spacial score (nSPS) is 24.7. The van der Waals surface area contributed by atoms with Crippen molar-refractivity contribution in [1.29, 1.82) is 0 Å². The van der Waals surface area contributed by atoms with Gasteiger partial charge in [0.15, 0.2) is 0 Å². The third kappa shape index (κ3) is 2.99. The van der Waals surface area contributed by atoms with Crippen LogP contribution < -0.4 is 4.74 Å². The smallest absolute Gasteiger partial charge is 0.307 e. The van der Waals surface area contributed by atoms with Crippen LogP contribution in [0.2, 0.25) is 0 Å². The number of hydrogen-bond acceptors (Lipinski definition) is 3. The molecule has 0 radical (unpaired) electrons. The van der Waals surface area contributed by atoms with Gasteiger partial charge in [0.1, 0.15) is 5.75 Å². The van der Waals surface area contributed by atoms with Gasteiger partial charge in [-0.25, -0.2) is 0 Å². The number of carbonyl (C=O) groups excluding carboxylic acids is 1. The number of ether oxygens (including phenoxy) is 1. The van der Waals surface area contributed by atoms with Gasteiger partial charge in [-0.2, -0.15) is 0 Å². The number of hydrogen-bond donors (Lipinski definition) is 1. The first-order valence-corrected chi connectivity index (χ1v) is 8.82. The fourth-order valence-electron chi connectivity index (χ4n) is 3.78. The molecule has 2 aliphatic carbocycles. The number of rotatable bonds is 5. The van der Waals surface area contributed by atoms with E-state index >= 15 is 0 Å². The molecule has 1 spiro atoms. The number of nitrogens with zero attached hydrogens (tertiary/aromatic N) is 1. The van der Waals surface area contributed by atoms with Crippen LogP contribution in [0.25, 0.3) is 0 Å². The van der Waals surface area contributed by atoms with Crippen LogP contribution in [0.3, 0.4) is 0 Å². The molecule has 1 aliphatic heterocycles. The highest BCUT2D eigenvalue weighted by Crippen LogP contribution is 2.59. The number of piperidine rings is 1. The average molecular weight is 329 g/mol. The van der Waals surface area contributed by atoms with Gasteiger partial charge in [0.05, 0.1) is 12.5 Å². The fourth-order valence-corrected chi connectivity index (χ4v) is 3.78. The molecule has 2 saturated carbocycles. The van der Waals surface area contributed by atoms with E-state index in [0.29, 0.717) is 24.6 Å². The van der Waals surface area contributed by atoms with Crippen molar-refractivity contribution in [2.45, 2.75) is 32.1 Å². The average Bonchev–Trinajstić information content (AvgIpc) is 3.50. The Morgan fingerprint density at radius 3 is 2.38 bits per heavy atom. The summed E-state index contributed by atoms with van der Waals surface area (Å²) in [6.45, 7) is 2.08. The van der Waals surface area contributed by atoms with E-state index < -0.39 is 5.97 Å². The van der Waals surface area contributed by atoms with E-state index in [1.54, 1.807) is 0 Å². The van der Waals surface area contributed by atoms with Gasteiger partial charge in [-0.3, -0.25) is 9.59 Å². The summed E-state index contributed by atoms with van der Waals surface area (Å²) < 4.78 is 5.70. The Labute approximate surface area is 141 Å². The van der Waals surface area contributed by atoms with Gasteiger partial charge in [-0.1, -0.05) is 0 Å². The van der Waals surface area contributed by atoms with E-state index in [1.165, 1.54) is 12.8 Å². The number of carboxylic acid groups (broad SMARTS) is 1. The van der Waals surface area contributed by atoms with Crippen molar-refractivity contribution < 1.29 is 19.4 Å². The van der Waals surface area contributed by atoms with Gasteiger partial charge in [0.25, 0.3) is 5.91 Å². The van der Waals surface area contributed by atoms with Crippen LogP contribution in [0.5, 0.6) is 5.75 Å². The molecule has 3 aliphatic rings. The maximum atomic E-state index is 12.6. The molecule has 1 aromatic carbocycles. The van der Waals surface area contributed by atoms with Crippen LogP contribution in [0.1, 0.15) is 42.5 Å². The lowest BCUT2D eigenvalue weighted by Crippen LogP contribution is -2.40. The van der Waals surface area contributed by atoms with Gasteiger partial charge in [0, 0.05) is 18.7 Å². The molecule has 1 heterocycles. The summed E-state index contributed by atoms with van der Waals surface area (Å²) in [5, 5.41) is 9.14. The van der Waals surface area contributed by atoms with Crippen molar-refractivity contribution in [2.75, 3.05) is 19.7 Å². The summed E-state index contributed by atoms with van der Waals surface area (Å²) in [5.74, 6) is 0.683. The summed E-state index contributed by atoms with van der Waals surface area (Å²) >= 11 is 0. The summed E-state index contributed by atoms with van der Waals surface area (Å²) in [4.78, 5) is 25.6. The van der Waals surface area contributed by atoms with Crippen LogP contribution in [-0.2, 0) is 4.79 Å². The van der Waals surface area contributed by atoms with Gasteiger partial charge in [-0.05, 0) is 67.7 Å². The second-order valence-corrected chi connectivity index (χ2v) is 7.53. The SMILES string of the molecule is O=C(O)C1CC12CCN(C(=O)c1ccc(OCC3CC3)cc1)CC2. The third-order valence-corrected chi connectivity index (χ3v) is 5.82. The Hall–Kier alpha value is -2.04. The molecule has 1 amide bonds. The molecule has 0 aromatic heterocycles. The molecule has 1 aromatic rings. The molecular formula is C19H23NO4. The number of carbonyl (C=O) groups is 2. The largest absolute Gasteiger partial charge is 0.493 e. The maximum absolute atomic E-state index is 12.6. The van der Waals surface area contributed by atoms with Crippen LogP contribution >= 0.6 is 0 Å². The highest BCUT2D eigenvalue weighted by molar-refractivity contribution is 5.94. The zero-order valence-corrected chi connectivity index (χ0v) is 13.7. The van der Waals surface area contributed by atoms with Gasteiger partial charge in [-0.15, -0.1) is 0 Å². The van der Waals surface area contributed by atoms with E-state index in [0.717, 1.165) is 31.6 Å². The lowest BCUT2D eigenvalue weighted by molar-refractivity contribution is -0.139. The Kier molecular flexibility index (Phi) is 3.74. The van der Waals surface area contributed by atoms with Crippen LogP contribution in [-0.4, -0.2) is 41.6 Å². The molecule has 5 heteroatoms.